The second kappa shape index (κ2) is 6.57. The number of hydrogen-bond acceptors (Lipinski definition) is 4. The highest BCUT2D eigenvalue weighted by Crippen LogP contribution is 2.41. The third kappa shape index (κ3) is 3.19. The molecule has 0 aromatic carbocycles. The number of fused-ring (bicyclic) bond motifs is 1. The van der Waals surface area contributed by atoms with E-state index in [0.717, 1.165) is 38.2 Å². The van der Waals surface area contributed by atoms with Gasteiger partial charge in [-0.3, -0.25) is 9.58 Å². The lowest BCUT2D eigenvalue weighted by molar-refractivity contribution is 0.0306. The molecule has 1 N–H and O–H groups in total. The summed E-state index contributed by atoms with van der Waals surface area (Å²) in [5, 5.41) is 14.9. The van der Waals surface area contributed by atoms with E-state index in [2.05, 4.69) is 23.0 Å². The first kappa shape index (κ1) is 15.7. The molecule has 2 fully saturated rings. The molecule has 0 spiro atoms. The number of hydrogen-bond donors (Lipinski definition) is 1. The van der Waals surface area contributed by atoms with Gasteiger partial charge in [0.2, 0.25) is 0 Å². The van der Waals surface area contributed by atoms with Crippen molar-refractivity contribution in [1.29, 1.82) is 0 Å². The van der Waals surface area contributed by atoms with Crippen molar-refractivity contribution in [1.82, 2.24) is 14.7 Å². The lowest BCUT2D eigenvalue weighted by atomic mass is 9.77. The van der Waals surface area contributed by atoms with Crippen LogP contribution in [0.25, 0.3) is 6.08 Å². The van der Waals surface area contributed by atoms with Crippen LogP contribution in [-0.4, -0.2) is 45.5 Å². The van der Waals surface area contributed by atoms with E-state index in [-0.39, 0.29) is 12.1 Å². The third-order valence-electron chi connectivity index (χ3n) is 5.45. The number of furan rings is 1. The normalized spacial score (nSPS) is 31.3. The van der Waals surface area contributed by atoms with Crippen LogP contribution in [0.2, 0.25) is 0 Å². The van der Waals surface area contributed by atoms with E-state index < -0.39 is 0 Å². The molecule has 2 aromatic heterocycles. The van der Waals surface area contributed by atoms with Crippen LogP contribution in [0.5, 0.6) is 0 Å². The van der Waals surface area contributed by atoms with Crippen LogP contribution < -0.4 is 0 Å². The lowest BCUT2D eigenvalue weighted by Crippen LogP contribution is -2.36. The quantitative estimate of drug-likeness (QED) is 0.938. The van der Waals surface area contributed by atoms with Gasteiger partial charge in [-0.15, -0.1) is 0 Å². The fourth-order valence-electron chi connectivity index (χ4n) is 4.41. The van der Waals surface area contributed by atoms with E-state index in [1.165, 1.54) is 5.57 Å². The minimum absolute atomic E-state index is 0.126. The van der Waals surface area contributed by atoms with Gasteiger partial charge in [-0.1, -0.05) is 5.57 Å². The fourth-order valence-corrected chi connectivity index (χ4v) is 4.41. The minimum atomic E-state index is -0.286. The van der Waals surface area contributed by atoms with E-state index in [4.69, 9.17) is 4.42 Å². The molecule has 0 amide bonds. The lowest BCUT2D eigenvalue weighted by Gasteiger charge is -2.35. The second-order valence-electron chi connectivity index (χ2n) is 7.31. The zero-order valence-electron chi connectivity index (χ0n) is 14.1. The van der Waals surface area contributed by atoms with Crippen LogP contribution in [0.4, 0.5) is 0 Å². The summed E-state index contributed by atoms with van der Waals surface area (Å²) in [6.07, 6.45) is 9.20. The van der Waals surface area contributed by atoms with Gasteiger partial charge in [-0.25, -0.2) is 0 Å². The van der Waals surface area contributed by atoms with Gasteiger partial charge in [0.05, 0.1) is 18.4 Å². The van der Waals surface area contributed by atoms with Crippen molar-refractivity contribution in [3.8, 4) is 0 Å². The molecule has 1 saturated carbocycles. The van der Waals surface area contributed by atoms with Gasteiger partial charge in [-0.2, -0.15) is 5.10 Å². The monoisotopic (exact) mass is 327 g/mol. The van der Waals surface area contributed by atoms with Gasteiger partial charge < -0.3 is 9.52 Å². The molecule has 1 aliphatic heterocycles. The molecule has 1 aliphatic carbocycles. The van der Waals surface area contributed by atoms with Crippen LogP contribution in [0.1, 0.15) is 31.6 Å². The Morgan fingerprint density at radius 1 is 1.33 bits per heavy atom. The second-order valence-corrected chi connectivity index (χ2v) is 7.31. The van der Waals surface area contributed by atoms with Crippen LogP contribution in [0, 0.1) is 11.8 Å². The molecule has 0 bridgehead atoms. The number of aliphatic hydroxyl groups is 1. The summed E-state index contributed by atoms with van der Waals surface area (Å²) in [7, 11) is 0. The van der Waals surface area contributed by atoms with Crippen molar-refractivity contribution in [3.63, 3.8) is 0 Å². The Bertz CT molecular complexity index is 678. The third-order valence-corrected chi connectivity index (χ3v) is 5.45. The highest BCUT2D eigenvalue weighted by Gasteiger charge is 2.42. The Balaban J connectivity index is 1.39. The molecular formula is C19H25N3O2. The highest BCUT2D eigenvalue weighted by molar-refractivity contribution is 5.46. The van der Waals surface area contributed by atoms with Crippen molar-refractivity contribution in [3.05, 3.63) is 48.2 Å². The zero-order valence-corrected chi connectivity index (χ0v) is 14.1. The molecule has 2 aliphatic rings. The van der Waals surface area contributed by atoms with Crippen molar-refractivity contribution >= 4 is 6.08 Å². The smallest absolute Gasteiger partial charge is 0.126 e. The van der Waals surface area contributed by atoms with Crippen molar-refractivity contribution < 1.29 is 9.52 Å². The first-order chi connectivity index (χ1) is 11.7. The molecular weight excluding hydrogens is 302 g/mol. The van der Waals surface area contributed by atoms with Crippen LogP contribution >= 0.6 is 0 Å². The molecule has 3 heterocycles. The van der Waals surface area contributed by atoms with Gasteiger partial charge in [0.15, 0.2) is 0 Å². The maximum absolute atomic E-state index is 10.5. The Kier molecular flexibility index (Phi) is 4.29. The Morgan fingerprint density at radius 3 is 2.88 bits per heavy atom. The summed E-state index contributed by atoms with van der Waals surface area (Å²) < 4.78 is 7.33. The standard InChI is InChI=1S/C19H25N3O2/c1-14(8-17-4-2-7-24-17)11-21-12-15-9-18(22-6-3-5-20-22)19(23)10-16(15)13-21/h2-8,15-16,18-19,23H,9-13H2,1H3/b14-8+/t15-,16+,18-,19-/m1/s1. The predicted molar refractivity (Wildman–Crippen MR) is 92.3 cm³/mol. The van der Waals surface area contributed by atoms with E-state index in [0.29, 0.717) is 11.8 Å². The summed E-state index contributed by atoms with van der Waals surface area (Å²) in [5.74, 6) is 2.17. The van der Waals surface area contributed by atoms with Gasteiger partial charge in [-0.05, 0) is 55.9 Å². The number of likely N-dealkylation sites (tertiary alicyclic amines) is 1. The number of rotatable bonds is 4. The molecule has 4 atom stereocenters. The molecule has 4 rings (SSSR count). The summed E-state index contributed by atoms with van der Waals surface area (Å²) in [6, 6.07) is 5.96. The molecule has 0 radical (unpaired) electrons. The Labute approximate surface area is 142 Å². The average Bonchev–Trinajstić information content (AvgIpc) is 3.26. The Hall–Kier alpha value is -1.85. The molecule has 5 nitrogen and oxygen atoms in total. The van der Waals surface area contributed by atoms with Gasteiger partial charge >= 0.3 is 0 Å². The van der Waals surface area contributed by atoms with Crippen molar-refractivity contribution in [2.75, 3.05) is 19.6 Å². The maximum Gasteiger partial charge on any atom is 0.126 e. The van der Waals surface area contributed by atoms with Gasteiger partial charge in [0.25, 0.3) is 0 Å². The van der Waals surface area contributed by atoms with Crippen LogP contribution in [-0.2, 0) is 0 Å². The molecule has 0 unspecified atom stereocenters. The topological polar surface area (TPSA) is 54.4 Å². The van der Waals surface area contributed by atoms with E-state index in [9.17, 15) is 5.11 Å². The minimum Gasteiger partial charge on any atom is -0.465 e. The van der Waals surface area contributed by atoms with Crippen molar-refractivity contribution in [2.45, 2.75) is 31.9 Å². The van der Waals surface area contributed by atoms with E-state index in [1.54, 1.807) is 12.5 Å². The predicted octanol–water partition coefficient (Wildman–Crippen LogP) is 2.82. The van der Waals surface area contributed by atoms with Crippen molar-refractivity contribution in [2.24, 2.45) is 11.8 Å². The van der Waals surface area contributed by atoms with Crippen LogP contribution in [0.15, 0.2) is 46.8 Å². The van der Waals surface area contributed by atoms with Gasteiger partial charge in [0.1, 0.15) is 5.76 Å². The number of nitrogens with zero attached hydrogens (tertiary/aromatic N) is 3. The maximum atomic E-state index is 10.5. The zero-order chi connectivity index (χ0) is 16.5. The summed E-state index contributed by atoms with van der Waals surface area (Å²) in [6.45, 7) is 5.32. The Morgan fingerprint density at radius 2 is 2.17 bits per heavy atom. The van der Waals surface area contributed by atoms with Gasteiger partial charge in [0, 0.05) is 32.0 Å². The van der Waals surface area contributed by atoms with Crippen LogP contribution in [0.3, 0.4) is 0 Å². The van der Waals surface area contributed by atoms with E-state index >= 15 is 0 Å². The first-order valence-electron chi connectivity index (χ1n) is 8.79. The summed E-state index contributed by atoms with van der Waals surface area (Å²) in [5.41, 5.74) is 1.31. The number of aromatic nitrogens is 2. The number of aliphatic hydroxyl groups excluding tert-OH is 1. The summed E-state index contributed by atoms with van der Waals surface area (Å²) in [4.78, 5) is 2.52. The average molecular weight is 327 g/mol. The first-order valence-corrected chi connectivity index (χ1v) is 8.79. The fraction of sp³-hybridized carbons (Fsp3) is 0.526. The SMILES string of the molecule is C/C(=C\c1ccco1)CN1C[C@H]2C[C@@H](n3cccn3)[C@H](O)C[C@H]2C1. The van der Waals surface area contributed by atoms with E-state index in [1.807, 2.05) is 29.1 Å². The molecule has 24 heavy (non-hydrogen) atoms. The molecule has 5 heteroatoms. The summed E-state index contributed by atoms with van der Waals surface area (Å²) >= 11 is 0. The molecule has 2 aromatic rings. The highest BCUT2D eigenvalue weighted by atomic mass is 16.3. The largest absolute Gasteiger partial charge is 0.465 e. The molecule has 128 valence electrons. The molecule has 1 saturated heterocycles.